The molecule has 0 spiro atoms. The fraction of sp³-hybridized carbons (Fsp3) is 0.308. The molecule has 2 aromatic rings. The van der Waals surface area contributed by atoms with Crippen molar-refractivity contribution in [3.05, 3.63) is 35.5 Å². The molecule has 6 heteroatoms. The molecule has 1 fully saturated rings. The van der Waals surface area contributed by atoms with Gasteiger partial charge in [0.05, 0.1) is 36.8 Å². The first-order valence-electron chi connectivity index (χ1n) is 6.10. The number of thiol groups is 1. The van der Waals surface area contributed by atoms with E-state index < -0.39 is 11.0 Å². The van der Waals surface area contributed by atoms with E-state index in [-0.39, 0.29) is 0 Å². The van der Waals surface area contributed by atoms with Crippen molar-refractivity contribution in [1.82, 2.24) is 9.29 Å². The fourth-order valence-corrected chi connectivity index (χ4v) is 3.62. The van der Waals surface area contributed by atoms with Crippen LogP contribution in [0.4, 0.5) is 0 Å². The van der Waals surface area contributed by atoms with Crippen molar-refractivity contribution in [3.8, 4) is 0 Å². The number of nitrogens with zero attached hydrogens (tertiary/aromatic N) is 2. The highest BCUT2D eigenvalue weighted by molar-refractivity contribution is 7.82. The summed E-state index contributed by atoms with van der Waals surface area (Å²) in [5.41, 5.74) is 0.821. The van der Waals surface area contributed by atoms with Crippen molar-refractivity contribution < 1.29 is 8.95 Å². The topological polar surface area (TPSA) is 42.4 Å². The minimum absolute atomic E-state index is 0.636. The highest BCUT2D eigenvalue weighted by Crippen LogP contribution is 2.24. The van der Waals surface area contributed by atoms with Gasteiger partial charge >= 0.3 is 0 Å². The minimum atomic E-state index is -1.56. The second kappa shape index (κ2) is 5.54. The van der Waals surface area contributed by atoms with Crippen LogP contribution >= 0.6 is 11.6 Å². The van der Waals surface area contributed by atoms with Crippen LogP contribution in [0.5, 0.6) is 0 Å². The van der Waals surface area contributed by atoms with E-state index in [9.17, 15) is 4.21 Å². The largest absolute Gasteiger partial charge is 0.378 e. The quantitative estimate of drug-likeness (QED) is 0.630. The summed E-state index contributed by atoms with van der Waals surface area (Å²) in [6, 6.07) is 7.35. The van der Waals surface area contributed by atoms with Crippen LogP contribution < -0.4 is 0 Å². The Balaban J connectivity index is 1.96. The van der Waals surface area contributed by atoms with Gasteiger partial charge in [-0.05, 0) is 18.2 Å². The first-order valence-corrected chi connectivity index (χ1v) is 7.69. The fourth-order valence-electron chi connectivity index (χ4n) is 2.12. The third-order valence-corrected chi connectivity index (χ3v) is 5.10. The average molecular weight is 298 g/mol. The van der Waals surface area contributed by atoms with E-state index in [1.54, 1.807) is 12.3 Å². The van der Waals surface area contributed by atoms with Crippen molar-refractivity contribution in [2.24, 2.45) is 0 Å². The second-order valence-electron chi connectivity index (χ2n) is 4.33. The summed E-state index contributed by atoms with van der Waals surface area (Å²) in [6.45, 7) is 2.68. The predicted octanol–water partition coefficient (Wildman–Crippen LogP) is 2.19. The lowest BCUT2D eigenvalue weighted by molar-refractivity contribution is 0.0749. The Kier molecular flexibility index (Phi) is 3.79. The van der Waals surface area contributed by atoms with Crippen molar-refractivity contribution in [1.29, 1.82) is 0 Å². The van der Waals surface area contributed by atoms with Crippen LogP contribution in [0.2, 0.25) is 5.02 Å². The van der Waals surface area contributed by atoms with E-state index in [2.05, 4.69) is 4.98 Å². The third kappa shape index (κ3) is 2.65. The van der Waals surface area contributed by atoms with E-state index in [4.69, 9.17) is 16.3 Å². The molecule has 4 nitrogen and oxygen atoms in total. The Hall–Kier alpha value is -1.01. The van der Waals surface area contributed by atoms with Gasteiger partial charge in [0, 0.05) is 17.6 Å². The third-order valence-electron chi connectivity index (χ3n) is 3.14. The Morgan fingerprint density at radius 2 is 2.05 bits per heavy atom. The molecule has 0 bridgehead atoms. The van der Waals surface area contributed by atoms with Crippen LogP contribution in [0.1, 0.15) is 0 Å². The molecular weight excluding hydrogens is 284 g/mol. The molecular formula is C13H14ClN2O2S+. The molecule has 0 N–H and O–H groups in total. The second-order valence-corrected chi connectivity index (χ2v) is 6.37. The van der Waals surface area contributed by atoms with Crippen molar-refractivity contribution in [2.45, 2.75) is 4.90 Å². The molecule has 3 rings (SSSR count). The van der Waals surface area contributed by atoms with Gasteiger partial charge < -0.3 is 4.74 Å². The van der Waals surface area contributed by atoms with Gasteiger partial charge in [-0.1, -0.05) is 15.8 Å². The summed E-state index contributed by atoms with van der Waals surface area (Å²) in [7, 11) is -1.56. The zero-order chi connectivity index (χ0) is 13.2. The molecule has 1 atom stereocenters. The monoisotopic (exact) mass is 297 g/mol. The molecule has 1 aromatic carbocycles. The number of pyridine rings is 1. The van der Waals surface area contributed by atoms with Gasteiger partial charge in [-0.2, -0.15) is 0 Å². The Morgan fingerprint density at radius 3 is 2.84 bits per heavy atom. The number of aromatic nitrogens is 1. The SMILES string of the molecule is O=[SH+](c1ccc2nccc(Cl)c2c1)N1CCOCC1. The van der Waals surface area contributed by atoms with E-state index in [0.717, 1.165) is 15.8 Å². The number of benzene rings is 1. The van der Waals surface area contributed by atoms with Crippen LogP contribution in [-0.4, -0.2) is 35.6 Å². The lowest BCUT2D eigenvalue weighted by atomic mass is 10.2. The summed E-state index contributed by atoms with van der Waals surface area (Å²) in [5.74, 6) is 0. The number of halogens is 1. The van der Waals surface area contributed by atoms with Crippen LogP contribution in [0.3, 0.4) is 0 Å². The van der Waals surface area contributed by atoms with Crippen molar-refractivity contribution in [2.75, 3.05) is 26.3 Å². The lowest BCUT2D eigenvalue weighted by Gasteiger charge is -2.20. The number of ether oxygens (including phenoxy) is 1. The number of hydrogen-bond donors (Lipinski definition) is 0. The molecule has 0 saturated carbocycles. The summed E-state index contributed by atoms with van der Waals surface area (Å²) in [5, 5.41) is 1.48. The van der Waals surface area contributed by atoms with Gasteiger partial charge in [0.25, 0.3) is 0 Å². The normalized spacial score (nSPS) is 18.6. The molecule has 1 saturated heterocycles. The zero-order valence-electron chi connectivity index (χ0n) is 10.3. The highest BCUT2D eigenvalue weighted by atomic mass is 35.5. The van der Waals surface area contributed by atoms with E-state index in [1.165, 1.54) is 0 Å². The van der Waals surface area contributed by atoms with Crippen LogP contribution in [0.15, 0.2) is 35.4 Å². The van der Waals surface area contributed by atoms with Gasteiger partial charge in [-0.15, -0.1) is 4.31 Å². The average Bonchev–Trinajstić information content (AvgIpc) is 2.47. The number of hydrogen-bond acceptors (Lipinski definition) is 3. The van der Waals surface area contributed by atoms with Gasteiger partial charge in [0.2, 0.25) is 0 Å². The Morgan fingerprint density at radius 1 is 1.26 bits per heavy atom. The molecule has 100 valence electrons. The summed E-state index contributed by atoms with van der Waals surface area (Å²) < 4.78 is 19.7. The highest BCUT2D eigenvalue weighted by Gasteiger charge is 2.24. The first kappa shape index (κ1) is 13.0. The molecule has 0 amide bonds. The molecule has 0 radical (unpaired) electrons. The molecule has 1 aliphatic heterocycles. The van der Waals surface area contributed by atoms with Crippen molar-refractivity contribution in [3.63, 3.8) is 0 Å². The van der Waals surface area contributed by atoms with Crippen molar-refractivity contribution >= 4 is 33.5 Å². The molecule has 1 aliphatic rings. The van der Waals surface area contributed by atoms with E-state index >= 15 is 0 Å². The summed E-state index contributed by atoms with van der Waals surface area (Å²) >= 11 is 6.15. The first-order chi connectivity index (χ1) is 9.25. The molecule has 1 unspecified atom stereocenters. The Bertz CT molecular complexity index is 629. The smallest absolute Gasteiger partial charge is 0.178 e. The standard InChI is InChI=1S/C13H13ClN2O2S/c14-12-3-4-15-13-2-1-10(9-11(12)13)19(17)16-5-7-18-8-6-16/h1-4,9H,5-8H2/p+1. The van der Waals surface area contributed by atoms with Gasteiger partial charge in [-0.3, -0.25) is 4.98 Å². The number of fused-ring (bicyclic) bond motifs is 1. The minimum Gasteiger partial charge on any atom is -0.378 e. The molecule has 2 heterocycles. The van der Waals surface area contributed by atoms with Gasteiger partial charge in [-0.25, -0.2) is 0 Å². The van der Waals surface area contributed by atoms with Gasteiger partial charge in [0.1, 0.15) is 0 Å². The predicted molar refractivity (Wildman–Crippen MR) is 76.9 cm³/mol. The zero-order valence-corrected chi connectivity index (χ0v) is 11.9. The van der Waals surface area contributed by atoms with E-state index in [1.807, 2.05) is 22.5 Å². The van der Waals surface area contributed by atoms with Gasteiger partial charge in [0.15, 0.2) is 15.9 Å². The molecule has 19 heavy (non-hydrogen) atoms. The molecule has 1 aromatic heterocycles. The maximum Gasteiger partial charge on any atom is 0.178 e. The lowest BCUT2D eigenvalue weighted by Crippen LogP contribution is -2.37. The number of rotatable bonds is 2. The Labute approximate surface area is 118 Å². The van der Waals surface area contributed by atoms with Crippen LogP contribution in [0, 0.1) is 0 Å². The summed E-state index contributed by atoms with van der Waals surface area (Å²) in [4.78, 5) is 5.03. The molecule has 0 aliphatic carbocycles. The van der Waals surface area contributed by atoms with Crippen LogP contribution in [0.25, 0.3) is 10.9 Å². The summed E-state index contributed by atoms with van der Waals surface area (Å²) in [6.07, 6.45) is 1.67. The maximum absolute atomic E-state index is 12.5. The van der Waals surface area contributed by atoms with Crippen LogP contribution in [-0.2, 0) is 19.9 Å². The number of morpholine rings is 1. The van der Waals surface area contributed by atoms with E-state index in [0.29, 0.717) is 31.3 Å². The maximum atomic E-state index is 12.5.